The maximum Gasteiger partial charge on any atom is 0.416 e. The summed E-state index contributed by atoms with van der Waals surface area (Å²) in [6.07, 6.45) is -4.43. The van der Waals surface area contributed by atoms with Gasteiger partial charge in [-0.3, -0.25) is 4.90 Å². The first-order valence-electron chi connectivity index (χ1n) is 13.7. The second-order valence-electron chi connectivity index (χ2n) is 10.1. The fourth-order valence-electron chi connectivity index (χ4n) is 5.41. The normalized spacial score (nSPS) is 14.4. The number of rotatable bonds is 6. The summed E-state index contributed by atoms with van der Waals surface area (Å²) in [5.74, 6) is 1.20. The number of aromatic nitrogens is 2. The molecule has 0 saturated carbocycles. The van der Waals surface area contributed by atoms with Crippen molar-refractivity contribution in [2.75, 3.05) is 31.1 Å². The molecular weight excluding hydrogens is 521 g/mol. The summed E-state index contributed by atoms with van der Waals surface area (Å²) in [5, 5.41) is 0. The molecule has 0 amide bonds. The van der Waals surface area contributed by atoms with Crippen LogP contribution in [-0.2, 0) is 6.18 Å². The monoisotopic (exact) mass is 550 g/mol. The molecule has 1 fully saturated rings. The molecule has 0 radical (unpaired) electrons. The van der Waals surface area contributed by atoms with Gasteiger partial charge in [0.15, 0.2) is 5.82 Å². The molecule has 1 saturated heterocycles. The van der Waals surface area contributed by atoms with Crippen molar-refractivity contribution in [3.63, 3.8) is 0 Å². The van der Waals surface area contributed by atoms with Crippen LogP contribution in [-0.4, -0.2) is 41.0 Å². The van der Waals surface area contributed by atoms with Crippen molar-refractivity contribution in [3.05, 3.63) is 138 Å². The summed E-state index contributed by atoms with van der Waals surface area (Å²) in [6.45, 7) is 3.06. The highest BCUT2D eigenvalue weighted by Gasteiger charge is 2.31. The van der Waals surface area contributed by atoms with Gasteiger partial charge < -0.3 is 4.90 Å². The highest BCUT2D eigenvalue weighted by molar-refractivity contribution is 5.68. The molecule has 2 heterocycles. The Bertz CT molecular complexity index is 1540. The minimum absolute atomic E-state index is 0.130. The Morgan fingerprint density at radius 3 is 1.73 bits per heavy atom. The van der Waals surface area contributed by atoms with E-state index in [1.165, 1.54) is 17.2 Å². The summed E-state index contributed by atoms with van der Waals surface area (Å²) in [6, 6.07) is 37.8. The van der Waals surface area contributed by atoms with Crippen LogP contribution in [0.3, 0.4) is 0 Å². The van der Waals surface area contributed by atoms with Gasteiger partial charge in [-0.2, -0.15) is 13.2 Å². The van der Waals surface area contributed by atoms with Crippen LogP contribution in [0.5, 0.6) is 0 Å². The lowest BCUT2D eigenvalue weighted by molar-refractivity contribution is -0.137. The third-order valence-corrected chi connectivity index (χ3v) is 7.46. The molecule has 7 heteroatoms. The van der Waals surface area contributed by atoms with Crippen LogP contribution in [0, 0.1) is 0 Å². The van der Waals surface area contributed by atoms with Gasteiger partial charge in [0.25, 0.3) is 0 Å². The molecule has 0 unspecified atom stereocenters. The fraction of sp³-hybridized carbons (Fsp3) is 0.176. The maximum atomic E-state index is 13.5. The summed E-state index contributed by atoms with van der Waals surface area (Å²) >= 11 is 0. The van der Waals surface area contributed by atoms with E-state index in [9.17, 15) is 13.2 Å². The Kier molecular flexibility index (Phi) is 7.53. The number of hydrogen-bond donors (Lipinski definition) is 0. The highest BCUT2D eigenvalue weighted by atomic mass is 19.4. The van der Waals surface area contributed by atoms with Gasteiger partial charge in [0, 0.05) is 43.4 Å². The zero-order chi connectivity index (χ0) is 28.2. The molecule has 5 aromatic rings. The van der Waals surface area contributed by atoms with E-state index in [-0.39, 0.29) is 6.04 Å². The second-order valence-corrected chi connectivity index (χ2v) is 10.1. The van der Waals surface area contributed by atoms with Crippen molar-refractivity contribution in [1.82, 2.24) is 14.9 Å². The van der Waals surface area contributed by atoms with Gasteiger partial charge >= 0.3 is 6.18 Å². The summed E-state index contributed by atoms with van der Waals surface area (Å²) in [4.78, 5) is 14.3. The third-order valence-electron chi connectivity index (χ3n) is 7.46. The van der Waals surface area contributed by atoms with Gasteiger partial charge in [0.1, 0.15) is 5.82 Å². The van der Waals surface area contributed by atoms with Gasteiger partial charge in [-0.1, -0.05) is 103 Å². The molecule has 206 valence electrons. The lowest BCUT2D eigenvalue weighted by Crippen LogP contribution is -2.48. The smallest absolute Gasteiger partial charge is 0.354 e. The highest BCUT2D eigenvalue weighted by Crippen LogP contribution is 2.34. The zero-order valence-corrected chi connectivity index (χ0v) is 22.4. The Labute approximate surface area is 237 Å². The van der Waals surface area contributed by atoms with Gasteiger partial charge in [-0.05, 0) is 23.3 Å². The maximum absolute atomic E-state index is 13.5. The Balaban J connectivity index is 1.32. The minimum atomic E-state index is -4.43. The van der Waals surface area contributed by atoms with Crippen molar-refractivity contribution in [2.24, 2.45) is 0 Å². The lowest BCUT2D eigenvalue weighted by Gasteiger charge is -2.40. The Morgan fingerprint density at radius 1 is 0.585 bits per heavy atom. The molecule has 0 N–H and O–H groups in total. The van der Waals surface area contributed by atoms with E-state index >= 15 is 0 Å². The van der Waals surface area contributed by atoms with Crippen molar-refractivity contribution < 1.29 is 13.2 Å². The largest absolute Gasteiger partial charge is 0.416 e. The molecule has 6 rings (SSSR count). The summed E-state index contributed by atoms with van der Waals surface area (Å²) in [7, 11) is 0. The minimum Gasteiger partial charge on any atom is -0.354 e. The number of halogens is 3. The van der Waals surface area contributed by atoms with E-state index in [0.29, 0.717) is 22.9 Å². The molecule has 1 aromatic heterocycles. The van der Waals surface area contributed by atoms with Crippen LogP contribution in [0.4, 0.5) is 19.0 Å². The van der Waals surface area contributed by atoms with Crippen LogP contribution in [0.25, 0.3) is 22.6 Å². The standard InChI is InChI=1S/C34H29F3N4/c35-34(36,37)29-18-10-17-28(23-29)30-24-31(39-33(38-30)27-15-8-3-9-16-27)40-19-21-41(22-20-40)32(25-11-4-1-5-12-25)26-13-6-2-7-14-26/h1-18,23-24,32H,19-22H2. The zero-order valence-electron chi connectivity index (χ0n) is 22.4. The van der Waals surface area contributed by atoms with E-state index in [1.807, 2.05) is 48.5 Å². The Hall–Kier alpha value is -4.49. The molecule has 0 atom stereocenters. The average molecular weight is 551 g/mol. The molecule has 1 aliphatic rings. The van der Waals surface area contributed by atoms with E-state index in [1.54, 1.807) is 6.07 Å². The van der Waals surface area contributed by atoms with E-state index in [2.05, 4.69) is 58.3 Å². The molecule has 0 spiro atoms. The lowest BCUT2D eigenvalue weighted by atomic mass is 9.96. The summed E-state index contributed by atoms with van der Waals surface area (Å²) < 4.78 is 40.5. The number of alkyl halides is 3. The number of benzene rings is 4. The first-order valence-corrected chi connectivity index (χ1v) is 13.7. The molecule has 41 heavy (non-hydrogen) atoms. The molecule has 4 aromatic carbocycles. The number of piperazine rings is 1. The van der Waals surface area contributed by atoms with Gasteiger partial charge in [-0.25, -0.2) is 9.97 Å². The number of anilines is 1. The molecule has 0 aliphatic carbocycles. The quantitative estimate of drug-likeness (QED) is 0.217. The second kappa shape index (κ2) is 11.6. The third kappa shape index (κ3) is 6.00. The van der Waals surface area contributed by atoms with Gasteiger partial charge in [0.2, 0.25) is 0 Å². The predicted molar refractivity (Wildman–Crippen MR) is 156 cm³/mol. The van der Waals surface area contributed by atoms with Crippen LogP contribution >= 0.6 is 0 Å². The van der Waals surface area contributed by atoms with Gasteiger partial charge in [-0.15, -0.1) is 0 Å². The topological polar surface area (TPSA) is 32.3 Å². The van der Waals surface area contributed by atoms with Gasteiger partial charge in [0.05, 0.1) is 17.3 Å². The number of hydrogen-bond acceptors (Lipinski definition) is 4. The van der Waals surface area contributed by atoms with Crippen molar-refractivity contribution >= 4 is 5.82 Å². The molecule has 0 bridgehead atoms. The van der Waals surface area contributed by atoms with Crippen molar-refractivity contribution in [2.45, 2.75) is 12.2 Å². The van der Waals surface area contributed by atoms with Crippen LogP contribution < -0.4 is 4.90 Å². The van der Waals surface area contributed by atoms with E-state index in [4.69, 9.17) is 9.97 Å². The van der Waals surface area contributed by atoms with E-state index < -0.39 is 11.7 Å². The first kappa shape index (κ1) is 26.7. The average Bonchev–Trinajstić information content (AvgIpc) is 3.02. The van der Waals surface area contributed by atoms with Crippen LogP contribution in [0.15, 0.2) is 121 Å². The van der Waals surface area contributed by atoms with Crippen molar-refractivity contribution in [3.8, 4) is 22.6 Å². The first-order chi connectivity index (χ1) is 20.0. The molecule has 4 nitrogen and oxygen atoms in total. The number of nitrogens with zero attached hydrogens (tertiary/aromatic N) is 4. The van der Waals surface area contributed by atoms with E-state index in [0.717, 1.165) is 43.9 Å². The van der Waals surface area contributed by atoms with Crippen molar-refractivity contribution in [1.29, 1.82) is 0 Å². The fourth-order valence-corrected chi connectivity index (χ4v) is 5.41. The SMILES string of the molecule is FC(F)(F)c1cccc(-c2cc(N3CCN(C(c4ccccc4)c4ccccc4)CC3)nc(-c3ccccc3)n2)c1. The Morgan fingerprint density at radius 2 is 1.15 bits per heavy atom. The summed E-state index contributed by atoms with van der Waals surface area (Å²) in [5.41, 5.74) is 3.48. The molecular formula is C34H29F3N4. The predicted octanol–water partition coefficient (Wildman–Crippen LogP) is 7.74. The molecule has 1 aliphatic heterocycles. The van der Waals surface area contributed by atoms with Crippen LogP contribution in [0.2, 0.25) is 0 Å². The van der Waals surface area contributed by atoms with Crippen LogP contribution in [0.1, 0.15) is 22.7 Å².